The maximum atomic E-state index is 12.6. The first-order chi connectivity index (χ1) is 13.3. The smallest absolute Gasteiger partial charge is 0.271 e. The van der Waals surface area contributed by atoms with Crippen LogP contribution in [0.25, 0.3) is 0 Å². The molecule has 4 rings (SSSR count). The Morgan fingerprint density at radius 2 is 2.11 bits per heavy atom. The number of likely N-dealkylation sites (tertiary alicyclic amines) is 1. The number of rotatable bonds is 5. The summed E-state index contributed by atoms with van der Waals surface area (Å²) in [6, 6.07) is 8.44. The lowest BCUT2D eigenvalue weighted by atomic mass is 10.0. The Bertz CT molecular complexity index is 732. The number of aromatic nitrogens is 3. The Hall–Kier alpha value is -2.25. The minimum atomic E-state index is -0.0549. The van der Waals surface area contributed by atoms with Crippen LogP contribution in [0.3, 0.4) is 0 Å². The number of hydrogen-bond donors (Lipinski definition) is 2. The highest BCUT2D eigenvalue weighted by atomic mass is 16.2. The molecule has 144 valence electrons. The topological polar surface area (TPSA) is 75.1 Å². The summed E-state index contributed by atoms with van der Waals surface area (Å²) in [5, 5.41) is 11.1. The van der Waals surface area contributed by atoms with Crippen LogP contribution in [0.5, 0.6) is 0 Å². The Morgan fingerprint density at radius 1 is 1.22 bits per heavy atom. The highest BCUT2D eigenvalue weighted by Crippen LogP contribution is 2.17. The molecule has 2 saturated heterocycles. The van der Waals surface area contributed by atoms with Crippen LogP contribution in [0.2, 0.25) is 0 Å². The van der Waals surface area contributed by atoms with Crippen molar-refractivity contribution in [3.05, 3.63) is 48.0 Å². The first-order valence-corrected chi connectivity index (χ1v) is 9.97. The molecule has 4 heterocycles. The third kappa shape index (κ3) is 4.73. The second-order valence-corrected chi connectivity index (χ2v) is 7.53. The maximum Gasteiger partial charge on any atom is 0.271 e. The first kappa shape index (κ1) is 18.1. The van der Waals surface area contributed by atoms with Gasteiger partial charge in [-0.25, -0.2) is 0 Å². The van der Waals surface area contributed by atoms with Gasteiger partial charge in [0.25, 0.3) is 5.91 Å². The van der Waals surface area contributed by atoms with E-state index in [-0.39, 0.29) is 11.9 Å². The van der Waals surface area contributed by atoms with E-state index in [0.29, 0.717) is 11.7 Å². The number of hydrogen-bond acceptors (Lipinski definition) is 5. The number of nitrogens with one attached hydrogen (secondary N) is 2. The third-order valence-electron chi connectivity index (χ3n) is 5.52. The van der Waals surface area contributed by atoms with Gasteiger partial charge in [-0.05, 0) is 50.4 Å². The average molecular weight is 368 g/mol. The van der Waals surface area contributed by atoms with Gasteiger partial charge >= 0.3 is 0 Å². The molecule has 1 atom stereocenters. The lowest BCUT2D eigenvalue weighted by Crippen LogP contribution is -2.44. The number of nitrogens with zero attached hydrogens (tertiary/aromatic N) is 4. The van der Waals surface area contributed by atoms with Crippen molar-refractivity contribution in [1.29, 1.82) is 0 Å². The molecule has 27 heavy (non-hydrogen) atoms. The molecule has 0 bridgehead atoms. The third-order valence-corrected chi connectivity index (χ3v) is 5.52. The molecular formula is C20H28N6O. The van der Waals surface area contributed by atoms with Crippen molar-refractivity contribution in [2.24, 2.45) is 0 Å². The van der Waals surface area contributed by atoms with Gasteiger partial charge in [-0.2, -0.15) is 5.10 Å². The number of carbonyl (C=O) groups is 1. The molecule has 2 aliphatic heterocycles. The van der Waals surface area contributed by atoms with Crippen molar-refractivity contribution in [3.63, 3.8) is 0 Å². The summed E-state index contributed by atoms with van der Waals surface area (Å²) in [7, 11) is 0. The van der Waals surface area contributed by atoms with Crippen molar-refractivity contribution in [2.75, 3.05) is 26.2 Å². The normalized spacial score (nSPS) is 21.9. The van der Waals surface area contributed by atoms with Crippen LogP contribution in [0.4, 0.5) is 0 Å². The lowest BCUT2D eigenvalue weighted by molar-refractivity contribution is 0.0902. The van der Waals surface area contributed by atoms with Gasteiger partial charge in [0.15, 0.2) is 0 Å². The molecule has 2 fully saturated rings. The first-order valence-electron chi connectivity index (χ1n) is 9.97. The summed E-state index contributed by atoms with van der Waals surface area (Å²) in [6.45, 7) is 4.83. The minimum Gasteiger partial charge on any atom is -0.348 e. The van der Waals surface area contributed by atoms with Crippen molar-refractivity contribution in [1.82, 2.24) is 30.3 Å². The second kappa shape index (κ2) is 8.63. The van der Waals surface area contributed by atoms with Crippen molar-refractivity contribution in [2.45, 2.75) is 44.3 Å². The molecule has 1 unspecified atom stereocenters. The predicted molar refractivity (Wildman–Crippen MR) is 103 cm³/mol. The van der Waals surface area contributed by atoms with Gasteiger partial charge in [0.05, 0.1) is 11.7 Å². The zero-order chi connectivity index (χ0) is 18.5. The molecule has 7 nitrogen and oxygen atoms in total. The Labute approximate surface area is 160 Å². The van der Waals surface area contributed by atoms with Crippen LogP contribution in [0, 0.1) is 0 Å². The molecule has 0 aromatic carbocycles. The molecule has 2 aliphatic rings. The number of piperidine rings is 2. The summed E-state index contributed by atoms with van der Waals surface area (Å²) >= 11 is 0. The highest BCUT2D eigenvalue weighted by molar-refractivity contribution is 5.92. The largest absolute Gasteiger partial charge is 0.348 e. The van der Waals surface area contributed by atoms with Crippen molar-refractivity contribution >= 4 is 5.91 Å². The Kier molecular flexibility index (Phi) is 5.79. The highest BCUT2D eigenvalue weighted by Gasteiger charge is 2.23. The Morgan fingerprint density at radius 3 is 2.85 bits per heavy atom. The van der Waals surface area contributed by atoms with E-state index >= 15 is 0 Å². The van der Waals surface area contributed by atoms with Crippen LogP contribution in [-0.4, -0.2) is 57.8 Å². The summed E-state index contributed by atoms with van der Waals surface area (Å²) in [4.78, 5) is 19.3. The molecule has 1 amide bonds. The number of pyridine rings is 1. The minimum absolute atomic E-state index is 0.0549. The quantitative estimate of drug-likeness (QED) is 0.838. The molecule has 7 heteroatoms. The van der Waals surface area contributed by atoms with E-state index in [1.165, 1.54) is 0 Å². The van der Waals surface area contributed by atoms with Gasteiger partial charge in [-0.1, -0.05) is 6.07 Å². The maximum absolute atomic E-state index is 12.6. The summed E-state index contributed by atoms with van der Waals surface area (Å²) in [5.41, 5.74) is 1.62. The van der Waals surface area contributed by atoms with E-state index in [9.17, 15) is 4.79 Å². The summed E-state index contributed by atoms with van der Waals surface area (Å²) in [6.07, 6.45) is 7.97. The van der Waals surface area contributed by atoms with Gasteiger partial charge in [0.1, 0.15) is 5.69 Å². The molecule has 2 aromatic rings. The van der Waals surface area contributed by atoms with Gasteiger partial charge in [-0.15, -0.1) is 0 Å². The van der Waals surface area contributed by atoms with Crippen LogP contribution in [0.15, 0.2) is 36.7 Å². The SMILES string of the molecule is O=C(NC1CCN(Cc2ccccn2)CC1)c1ccn(C2CCCNC2)n1. The summed E-state index contributed by atoms with van der Waals surface area (Å²) < 4.78 is 1.94. The van der Waals surface area contributed by atoms with E-state index in [1.807, 2.05) is 35.3 Å². The van der Waals surface area contributed by atoms with Gasteiger partial charge < -0.3 is 10.6 Å². The number of carbonyl (C=O) groups excluding carboxylic acids is 1. The standard InChI is InChI=1S/C20H28N6O/c27-20(19-8-13-26(24-19)18-5-3-9-21-14-18)23-16-6-11-25(12-7-16)15-17-4-1-2-10-22-17/h1-2,4,8,10,13,16,18,21H,3,5-7,9,11-12,14-15H2,(H,23,27). The van der Waals surface area contributed by atoms with Gasteiger partial charge in [0.2, 0.25) is 0 Å². The average Bonchev–Trinajstić information content (AvgIpc) is 3.21. The molecular weight excluding hydrogens is 340 g/mol. The van der Waals surface area contributed by atoms with Crippen molar-refractivity contribution in [3.8, 4) is 0 Å². The van der Waals surface area contributed by atoms with Crippen LogP contribution < -0.4 is 10.6 Å². The fourth-order valence-electron chi connectivity index (χ4n) is 3.94. The lowest BCUT2D eigenvalue weighted by Gasteiger charge is -2.31. The molecule has 2 aromatic heterocycles. The monoisotopic (exact) mass is 368 g/mol. The fourth-order valence-corrected chi connectivity index (χ4v) is 3.94. The molecule has 0 saturated carbocycles. The van der Waals surface area contributed by atoms with E-state index < -0.39 is 0 Å². The molecule has 0 spiro atoms. The van der Waals surface area contributed by atoms with E-state index in [0.717, 1.165) is 64.1 Å². The van der Waals surface area contributed by atoms with E-state index in [4.69, 9.17) is 0 Å². The zero-order valence-corrected chi connectivity index (χ0v) is 15.7. The van der Waals surface area contributed by atoms with E-state index in [2.05, 4.69) is 31.7 Å². The summed E-state index contributed by atoms with van der Waals surface area (Å²) in [5.74, 6) is -0.0549. The number of amides is 1. The molecule has 0 aliphatic carbocycles. The zero-order valence-electron chi connectivity index (χ0n) is 15.7. The van der Waals surface area contributed by atoms with Crippen LogP contribution >= 0.6 is 0 Å². The van der Waals surface area contributed by atoms with Crippen LogP contribution in [0.1, 0.15) is 47.9 Å². The Balaban J connectivity index is 1.25. The molecule has 2 N–H and O–H groups in total. The van der Waals surface area contributed by atoms with Gasteiger partial charge in [-0.3, -0.25) is 19.4 Å². The van der Waals surface area contributed by atoms with E-state index in [1.54, 1.807) is 0 Å². The predicted octanol–water partition coefficient (Wildman–Crippen LogP) is 1.60. The van der Waals surface area contributed by atoms with Gasteiger partial charge in [0, 0.05) is 44.6 Å². The molecule has 0 radical (unpaired) electrons. The fraction of sp³-hybridized carbons (Fsp3) is 0.550. The van der Waals surface area contributed by atoms with Crippen molar-refractivity contribution < 1.29 is 4.79 Å². The second-order valence-electron chi connectivity index (χ2n) is 7.53. The van der Waals surface area contributed by atoms with Crippen LogP contribution in [-0.2, 0) is 6.54 Å².